The summed E-state index contributed by atoms with van der Waals surface area (Å²) in [5.74, 6) is -0.0346. The first kappa shape index (κ1) is 15.3. The number of anilines is 1. The molecule has 2 N–H and O–H groups in total. The molecule has 1 aromatic rings. The zero-order chi connectivity index (χ0) is 14.4. The highest BCUT2D eigenvalue weighted by Gasteiger charge is 2.24. The molecular weight excluding hydrogens is 322 g/mol. The van der Waals surface area contributed by atoms with Gasteiger partial charge < -0.3 is 20.3 Å². The SMILES string of the molecule is CN1CCO[C@@H](C(=O)NCCNc2cccc(Br)c2)C1. The van der Waals surface area contributed by atoms with Crippen LogP contribution in [0.15, 0.2) is 28.7 Å². The van der Waals surface area contributed by atoms with Gasteiger partial charge in [-0.2, -0.15) is 0 Å². The summed E-state index contributed by atoms with van der Waals surface area (Å²) in [6.45, 7) is 3.42. The molecule has 1 saturated heterocycles. The summed E-state index contributed by atoms with van der Waals surface area (Å²) in [5.41, 5.74) is 1.03. The lowest BCUT2D eigenvalue weighted by Gasteiger charge is -2.29. The molecule has 1 aliphatic heterocycles. The first-order chi connectivity index (χ1) is 9.65. The molecule has 0 unspecified atom stereocenters. The normalized spacial score (nSPS) is 19.6. The highest BCUT2D eigenvalue weighted by atomic mass is 79.9. The van der Waals surface area contributed by atoms with Gasteiger partial charge in [-0.25, -0.2) is 0 Å². The van der Waals surface area contributed by atoms with Crippen molar-refractivity contribution in [1.82, 2.24) is 10.2 Å². The van der Waals surface area contributed by atoms with Crippen LogP contribution in [-0.2, 0) is 9.53 Å². The van der Waals surface area contributed by atoms with Crippen LogP contribution >= 0.6 is 15.9 Å². The van der Waals surface area contributed by atoms with E-state index in [1.54, 1.807) is 0 Å². The maximum Gasteiger partial charge on any atom is 0.250 e. The van der Waals surface area contributed by atoms with E-state index in [9.17, 15) is 4.79 Å². The number of carbonyl (C=O) groups excluding carboxylic acids is 1. The monoisotopic (exact) mass is 341 g/mol. The summed E-state index contributed by atoms with van der Waals surface area (Å²) < 4.78 is 6.49. The number of carbonyl (C=O) groups is 1. The number of hydrogen-bond donors (Lipinski definition) is 2. The van der Waals surface area contributed by atoms with Gasteiger partial charge >= 0.3 is 0 Å². The lowest BCUT2D eigenvalue weighted by Crippen LogP contribution is -2.49. The molecule has 6 heteroatoms. The van der Waals surface area contributed by atoms with E-state index in [0.29, 0.717) is 26.2 Å². The minimum Gasteiger partial charge on any atom is -0.383 e. The number of hydrogen-bond acceptors (Lipinski definition) is 4. The lowest BCUT2D eigenvalue weighted by molar-refractivity contribution is -0.137. The molecule has 0 bridgehead atoms. The van der Waals surface area contributed by atoms with Gasteiger partial charge in [0, 0.05) is 36.3 Å². The van der Waals surface area contributed by atoms with Crippen LogP contribution in [-0.4, -0.2) is 56.7 Å². The highest BCUT2D eigenvalue weighted by Crippen LogP contribution is 2.15. The van der Waals surface area contributed by atoms with Crippen LogP contribution in [0.4, 0.5) is 5.69 Å². The van der Waals surface area contributed by atoms with Gasteiger partial charge in [0.2, 0.25) is 0 Å². The van der Waals surface area contributed by atoms with Crippen molar-refractivity contribution in [3.05, 3.63) is 28.7 Å². The second kappa shape index (κ2) is 7.61. The number of likely N-dealkylation sites (N-methyl/N-ethyl adjacent to an activating group) is 1. The van der Waals surface area contributed by atoms with Crippen molar-refractivity contribution < 1.29 is 9.53 Å². The fourth-order valence-corrected chi connectivity index (χ4v) is 2.44. The molecule has 1 amide bonds. The molecule has 110 valence electrons. The molecule has 5 nitrogen and oxygen atoms in total. The van der Waals surface area contributed by atoms with Crippen molar-refractivity contribution in [3.63, 3.8) is 0 Å². The Hall–Kier alpha value is -1.11. The van der Waals surface area contributed by atoms with E-state index in [4.69, 9.17) is 4.74 Å². The van der Waals surface area contributed by atoms with Gasteiger partial charge in [-0.1, -0.05) is 22.0 Å². The number of benzene rings is 1. The van der Waals surface area contributed by atoms with Crippen molar-refractivity contribution in [2.24, 2.45) is 0 Å². The maximum atomic E-state index is 11.9. The van der Waals surface area contributed by atoms with Crippen molar-refractivity contribution in [3.8, 4) is 0 Å². The molecule has 0 saturated carbocycles. The van der Waals surface area contributed by atoms with Crippen LogP contribution in [0.3, 0.4) is 0 Å². The van der Waals surface area contributed by atoms with Crippen LogP contribution in [0.1, 0.15) is 0 Å². The summed E-state index contributed by atoms with van der Waals surface area (Å²) in [7, 11) is 2.00. The minimum absolute atomic E-state index is 0.0346. The Bertz CT molecular complexity index is 456. The number of ether oxygens (including phenoxy) is 1. The van der Waals surface area contributed by atoms with Crippen LogP contribution in [0.25, 0.3) is 0 Å². The van der Waals surface area contributed by atoms with Crippen LogP contribution < -0.4 is 10.6 Å². The fraction of sp³-hybridized carbons (Fsp3) is 0.500. The Balaban J connectivity index is 1.66. The minimum atomic E-state index is -0.348. The third kappa shape index (κ3) is 4.77. The molecule has 1 atom stereocenters. The Morgan fingerprint density at radius 1 is 1.50 bits per heavy atom. The Labute approximate surface area is 127 Å². The van der Waals surface area contributed by atoms with Gasteiger partial charge in [0.1, 0.15) is 6.10 Å². The molecule has 0 aliphatic carbocycles. The zero-order valence-corrected chi connectivity index (χ0v) is 13.1. The second-order valence-electron chi connectivity index (χ2n) is 4.85. The summed E-state index contributed by atoms with van der Waals surface area (Å²) >= 11 is 3.42. The van der Waals surface area contributed by atoms with Gasteiger partial charge in [0.25, 0.3) is 5.91 Å². The summed E-state index contributed by atoms with van der Waals surface area (Å²) in [4.78, 5) is 14.0. The summed E-state index contributed by atoms with van der Waals surface area (Å²) in [5, 5.41) is 6.15. The number of halogens is 1. The van der Waals surface area contributed by atoms with E-state index in [-0.39, 0.29) is 12.0 Å². The fourth-order valence-electron chi connectivity index (χ4n) is 2.04. The summed E-state index contributed by atoms with van der Waals surface area (Å²) in [6.07, 6.45) is -0.348. The first-order valence-electron chi connectivity index (χ1n) is 6.72. The van der Waals surface area contributed by atoms with Crippen molar-refractivity contribution >= 4 is 27.5 Å². The average molecular weight is 342 g/mol. The molecule has 1 heterocycles. The molecule has 1 aliphatic rings. The predicted molar refractivity (Wildman–Crippen MR) is 82.9 cm³/mol. The first-order valence-corrected chi connectivity index (χ1v) is 7.52. The Kier molecular flexibility index (Phi) is 5.82. The van der Waals surface area contributed by atoms with E-state index in [0.717, 1.165) is 16.7 Å². The standard InChI is InChI=1S/C14H20BrN3O2/c1-18-7-8-20-13(10-18)14(19)17-6-5-16-12-4-2-3-11(15)9-12/h2-4,9,13,16H,5-8,10H2,1H3,(H,17,19)/t13-/m1/s1. The number of amides is 1. The van der Waals surface area contributed by atoms with Gasteiger partial charge in [-0.05, 0) is 25.2 Å². The van der Waals surface area contributed by atoms with E-state index in [1.807, 2.05) is 31.3 Å². The van der Waals surface area contributed by atoms with Crippen LogP contribution in [0.5, 0.6) is 0 Å². The highest BCUT2D eigenvalue weighted by molar-refractivity contribution is 9.10. The predicted octanol–water partition coefficient (Wildman–Crippen LogP) is 1.31. The number of nitrogens with zero attached hydrogens (tertiary/aromatic N) is 1. The van der Waals surface area contributed by atoms with Gasteiger partial charge in [0.05, 0.1) is 6.61 Å². The molecule has 1 aromatic carbocycles. The molecule has 0 spiro atoms. The van der Waals surface area contributed by atoms with Crippen LogP contribution in [0, 0.1) is 0 Å². The van der Waals surface area contributed by atoms with Crippen molar-refractivity contribution in [1.29, 1.82) is 0 Å². The summed E-state index contributed by atoms with van der Waals surface area (Å²) in [6, 6.07) is 7.94. The smallest absolute Gasteiger partial charge is 0.250 e. The third-order valence-corrected chi connectivity index (χ3v) is 3.63. The zero-order valence-electron chi connectivity index (χ0n) is 11.6. The Morgan fingerprint density at radius 3 is 3.10 bits per heavy atom. The molecule has 0 radical (unpaired) electrons. The average Bonchev–Trinajstić information content (AvgIpc) is 2.43. The van der Waals surface area contributed by atoms with Gasteiger partial charge in [-0.3, -0.25) is 4.79 Å². The van der Waals surface area contributed by atoms with Crippen LogP contribution in [0.2, 0.25) is 0 Å². The van der Waals surface area contributed by atoms with Gasteiger partial charge in [-0.15, -0.1) is 0 Å². The maximum absolute atomic E-state index is 11.9. The molecular formula is C14H20BrN3O2. The van der Waals surface area contributed by atoms with Gasteiger partial charge in [0.15, 0.2) is 0 Å². The largest absolute Gasteiger partial charge is 0.383 e. The second-order valence-corrected chi connectivity index (χ2v) is 5.77. The lowest BCUT2D eigenvalue weighted by atomic mass is 10.2. The van der Waals surface area contributed by atoms with Crippen molar-refractivity contribution in [2.45, 2.75) is 6.10 Å². The molecule has 2 rings (SSSR count). The third-order valence-electron chi connectivity index (χ3n) is 3.14. The molecule has 0 aromatic heterocycles. The van der Waals surface area contributed by atoms with E-state index < -0.39 is 0 Å². The Morgan fingerprint density at radius 2 is 2.35 bits per heavy atom. The number of nitrogens with one attached hydrogen (secondary N) is 2. The topological polar surface area (TPSA) is 53.6 Å². The van der Waals surface area contributed by atoms with E-state index in [1.165, 1.54) is 0 Å². The molecule has 20 heavy (non-hydrogen) atoms. The quantitative estimate of drug-likeness (QED) is 0.793. The number of rotatable bonds is 5. The van der Waals surface area contributed by atoms with E-state index >= 15 is 0 Å². The molecule has 1 fully saturated rings. The number of morpholine rings is 1. The van der Waals surface area contributed by atoms with E-state index in [2.05, 4.69) is 31.5 Å². The van der Waals surface area contributed by atoms with Crippen molar-refractivity contribution in [2.75, 3.05) is 45.2 Å².